The summed E-state index contributed by atoms with van der Waals surface area (Å²) in [5, 5.41) is 0.734. The predicted molar refractivity (Wildman–Crippen MR) is 139 cm³/mol. The van der Waals surface area contributed by atoms with Crippen LogP contribution in [0.1, 0.15) is 24.5 Å². The first-order chi connectivity index (χ1) is 16.8. The van der Waals surface area contributed by atoms with Gasteiger partial charge in [-0.05, 0) is 49.6 Å². The molecule has 1 fully saturated rings. The van der Waals surface area contributed by atoms with Gasteiger partial charge >= 0.3 is 0 Å². The highest BCUT2D eigenvalue weighted by Crippen LogP contribution is 2.31. The van der Waals surface area contributed by atoms with Gasteiger partial charge in [-0.2, -0.15) is 0 Å². The average Bonchev–Trinajstić information content (AvgIpc) is 3.31. The summed E-state index contributed by atoms with van der Waals surface area (Å²) in [5.74, 6) is 1.24. The molecule has 4 aromatic rings. The largest absolute Gasteiger partial charge is 0.354 e. The molecule has 0 unspecified atom stereocenters. The molecule has 182 valence electrons. The fourth-order valence-electron chi connectivity index (χ4n) is 4.97. The van der Waals surface area contributed by atoms with E-state index in [1.165, 1.54) is 15.9 Å². The van der Waals surface area contributed by atoms with Crippen LogP contribution in [0.3, 0.4) is 0 Å². The minimum Gasteiger partial charge on any atom is -0.354 e. The zero-order chi connectivity index (χ0) is 24.6. The van der Waals surface area contributed by atoms with Crippen LogP contribution in [0.15, 0.2) is 78.1 Å². The number of fused-ring (bicyclic) bond motifs is 1. The molecule has 35 heavy (non-hydrogen) atoms. The third-order valence-electron chi connectivity index (χ3n) is 7.09. The topological polar surface area (TPSA) is 71.3 Å². The highest BCUT2D eigenvalue weighted by atomic mass is 32.2. The van der Waals surface area contributed by atoms with Crippen LogP contribution in [-0.4, -0.2) is 53.4 Å². The monoisotopic (exact) mass is 489 g/mol. The third kappa shape index (κ3) is 4.56. The number of hydrogen-bond acceptors (Lipinski definition) is 6. The number of anilines is 1. The van der Waals surface area contributed by atoms with E-state index in [0.717, 1.165) is 42.8 Å². The van der Waals surface area contributed by atoms with Gasteiger partial charge in [0.1, 0.15) is 12.1 Å². The van der Waals surface area contributed by atoms with Crippen LogP contribution in [-0.2, 0) is 16.6 Å². The molecule has 0 N–H and O–H groups in total. The van der Waals surface area contributed by atoms with Gasteiger partial charge in [0, 0.05) is 32.4 Å². The summed E-state index contributed by atoms with van der Waals surface area (Å²) in [6.45, 7) is 7.11. The second-order valence-corrected chi connectivity index (χ2v) is 11.3. The van der Waals surface area contributed by atoms with Crippen molar-refractivity contribution in [2.75, 3.05) is 25.0 Å². The van der Waals surface area contributed by atoms with E-state index in [9.17, 15) is 8.42 Å². The number of likely N-dealkylation sites (tertiary alicyclic amines) is 1. The summed E-state index contributed by atoms with van der Waals surface area (Å²) in [6.07, 6.45) is 4.14. The van der Waals surface area contributed by atoms with E-state index < -0.39 is 10.0 Å². The zero-order valence-corrected chi connectivity index (χ0v) is 21.2. The van der Waals surface area contributed by atoms with Crippen LogP contribution in [0.2, 0.25) is 0 Å². The van der Waals surface area contributed by atoms with E-state index in [2.05, 4.69) is 58.0 Å². The normalized spacial score (nSPS) is 19.2. The summed E-state index contributed by atoms with van der Waals surface area (Å²) in [6, 6.07) is 19.5. The highest BCUT2D eigenvalue weighted by molar-refractivity contribution is 7.90. The molecule has 1 aliphatic heterocycles. The number of aryl methyl sites for hydroxylation is 1. The van der Waals surface area contributed by atoms with E-state index in [1.54, 1.807) is 30.5 Å². The molecule has 0 saturated carbocycles. The molecule has 7 nitrogen and oxygen atoms in total. The van der Waals surface area contributed by atoms with E-state index in [4.69, 9.17) is 0 Å². The van der Waals surface area contributed by atoms with Gasteiger partial charge in [0.25, 0.3) is 10.0 Å². The minimum absolute atomic E-state index is 0.242. The lowest BCUT2D eigenvalue weighted by molar-refractivity contribution is 0.159. The van der Waals surface area contributed by atoms with Gasteiger partial charge in [-0.3, -0.25) is 4.90 Å². The van der Waals surface area contributed by atoms with Crippen molar-refractivity contribution < 1.29 is 8.42 Å². The maximum Gasteiger partial charge on any atom is 0.269 e. The second kappa shape index (κ2) is 9.43. The number of nitrogens with zero attached hydrogens (tertiary/aromatic N) is 5. The van der Waals surface area contributed by atoms with E-state index >= 15 is 0 Å². The molecule has 0 bridgehead atoms. The van der Waals surface area contributed by atoms with Crippen LogP contribution in [0.5, 0.6) is 0 Å². The number of hydrogen-bond donors (Lipinski definition) is 0. The zero-order valence-electron chi connectivity index (χ0n) is 20.4. The number of rotatable bonds is 6. The third-order valence-corrected chi connectivity index (χ3v) is 8.77. The Hall–Kier alpha value is -3.23. The SMILES string of the molecule is Cc1ccc(S(=O)(=O)n2ccc3c(N(C)[C@@H]4CN(Cc5ccccc5)CC[C@H]4C)ncnc32)cc1. The summed E-state index contributed by atoms with van der Waals surface area (Å²) in [7, 11) is -1.70. The Morgan fingerprint density at radius 1 is 1.03 bits per heavy atom. The Bertz CT molecular complexity index is 1420. The van der Waals surface area contributed by atoms with E-state index in [-0.39, 0.29) is 10.9 Å². The van der Waals surface area contributed by atoms with Crippen LogP contribution in [0, 0.1) is 12.8 Å². The van der Waals surface area contributed by atoms with Crippen LogP contribution < -0.4 is 4.90 Å². The van der Waals surface area contributed by atoms with Gasteiger partial charge in [-0.25, -0.2) is 22.4 Å². The standard InChI is InChI=1S/C27H31N5O2S/c1-20-9-11-23(12-10-20)35(33,34)32-16-14-24-26(28-19-29-27(24)32)30(3)25-18-31(15-13-21(25)2)17-22-7-5-4-6-8-22/h4-12,14,16,19,21,25H,13,15,17-18H2,1-3H3/t21-,25-/m1/s1. The number of piperidine rings is 1. The fraction of sp³-hybridized carbons (Fsp3) is 0.333. The second-order valence-electron chi connectivity index (χ2n) is 9.53. The van der Waals surface area contributed by atoms with Crippen molar-refractivity contribution in [2.24, 2.45) is 5.92 Å². The summed E-state index contributed by atoms with van der Waals surface area (Å²) < 4.78 is 28.0. The van der Waals surface area contributed by atoms with Crippen LogP contribution in [0.25, 0.3) is 11.0 Å². The Labute approximate surface area is 207 Å². The quantitative estimate of drug-likeness (QED) is 0.402. The first kappa shape index (κ1) is 23.5. The van der Waals surface area contributed by atoms with Gasteiger partial charge < -0.3 is 4.90 Å². The molecule has 2 atom stereocenters. The maximum absolute atomic E-state index is 13.4. The molecule has 2 aromatic heterocycles. The summed E-state index contributed by atoms with van der Waals surface area (Å²) >= 11 is 0. The van der Waals surface area contributed by atoms with Crippen molar-refractivity contribution in [1.82, 2.24) is 18.8 Å². The van der Waals surface area contributed by atoms with Crippen molar-refractivity contribution in [2.45, 2.75) is 37.8 Å². The fourth-order valence-corrected chi connectivity index (χ4v) is 6.28. The van der Waals surface area contributed by atoms with Crippen molar-refractivity contribution in [1.29, 1.82) is 0 Å². The first-order valence-electron chi connectivity index (χ1n) is 12.0. The molecule has 0 aliphatic carbocycles. The minimum atomic E-state index is -3.76. The van der Waals surface area contributed by atoms with Crippen molar-refractivity contribution >= 4 is 26.9 Å². The van der Waals surface area contributed by atoms with Gasteiger partial charge in [0.05, 0.1) is 10.3 Å². The molecular formula is C27H31N5O2S. The lowest BCUT2D eigenvalue weighted by atomic mass is 9.92. The smallest absolute Gasteiger partial charge is 0.269 e. The Morgan fingerprint density at radius 3 is 2.51 bits per heavy atom. The molecule has 5 rings (SSSR count). The molecule has 1 aliphatic rings. The number of likely N-dealkylation sites (N-methyl/N-ethyl adjacent to an activating group) is 1. The average molecular weight is 490 g/mol. The molecule has 1 saturated heterocycles. The molecule has 0 radical (unpaired) electrons. The summed E-state index contributed by atoms with van der Waals surface area (Å²) in [4.78, 5) is 13.9. The molecule has 3 heterocycles. The maximum atomic E-state index is 13.4. The van der Waals surface area contributed by atoms with Gasteiger partial charge in [-0.15, -0.1) is 0 Å². The number of aromatic nitrogens is 3. The summed E-state index contributed by atoms with van der Waals surface area (Å²) in [5.41, 5.74) is 2.72. The first-order valence-corrected chi connectivity index (χ1v) is 13.4. The predicted octanol–water partition coefficient (Wildman–Crippen LogP) is 4.32. The molecule has 8 heteroatoms. The lowest BCUT2D eigenvalue weighted by Crippen LogP contribution is -2.50. The number of benzene rings is 2. The van der Waals surface area contributed by atoms with Crippen molar-refractivity contribution in [3.05, 3.63) is 84.3 Å². The Balaban J connectivity index is 1.44. The van der Waals surface area contributed by atoms with Crippen molar-refractivity contribution in [3.8, 4) is 0 Å². The Kier molecular flexibility index (Phi) is 6.34. The van der Waals surface area contributed by atoms with Crippen LogP contribution in [0.4, 0.5) is 5.82 Å². The molecule has 2 aromatic carbocycles. The molecular weight excluding hydrogens is 458 g/mol. The van der Waals surface area contributed by atoms with E-state index in [1.807, 2.05) is 19.1 Å². The van der Waals surface area contributed by atoms with Crippen molar-refractivity contribution in [3.63, 3.8) is 0 Å². The van der Waals surface area contributed by atoms with Gasteiger partial charge in [0.15, 0.2) is 5.65 Å². The lowest BCUT2D eigenvalue weighted by Gasteiger charge is -2.42. The Morgan fingerprint density at radius 2 is 1.77 bits per heavy atom. The van der Waals surface area contributed by atoms with Crippen LogP contribution >= 0.6 is 0 Å². The molecule has 0 amide bonds. The van der Waals surface area contributed by atoms with Gasteiger partial charge in [-0.1, -0.05) is 55.0 Å². The highest BCUT2D eigenvalue weighted by Gasteiger charge is 2.31. The van der Waals surface area contributed by atoms with E-state index in [0.29, 0.717) is 11.6 Å². The molecule has 0 spiro atoms. The van der Waals surface area contributed by atoms with Gasteiger partial charge in [0.2, 0.25) is 0 Å².